The van der Waals surface area contributed by atoms with Gasteiger partial charge < -0.3 is 4.74 Å². The lowest BCUT2D eigenvalue weighted by molar-refractivity contribution is 0.138. The summed E-state index contributed by atoms with van der Waals surface area (Å²) in [6.45, 7) is 0. The molecule has 1 aliphatic carbocycles. The number of nitrogens with zero attached hydrogens (tertiary/aromatic N) is 1. The average Bonchev–Trinajstić information content (AvgIpc) is 2.60. The number of halogens is 2. The number of aromatic nitrogens is 1. The van der Waals surface area contributed by atoms with Crippen molar-refractivity contribution in [2.45, 2.75) is 43.6 Å². The topological polar surface area (TPSA) is 68.3 Å². The average molecular weight is 382 g/mol. The molecule has 0 bridgehead atoms. The molecule has 2 aromatic rings. The van der Waals surface area contributed by atoms with E-state index >= 15 is 0 Å². The number of hydrogen-bond acceptors (Lipinski definition) is 4. The van der Waals surface area contributed by atoms with Crippen LogP contribution >= 0.6 is 0 Å². The molecule has 0 radical (unpaired) electrons. The second-order valence-corrected chi connectivity index (χ2v) is 8.13. The van der Waals surface area contributed by atoms with Crippen molar-refractivity contribution in [3.05, 3.63) is 59.8 Å². The summed E-state index contributed by atoms with van der Waals surface area (Å²) < 4.78 is 59.7. The zero-order valence-electron chi connectivity index (χ0n) is 14.1. The van der Waals surface area contributed by atoms with Crippen LogP contribution in [0, 0.1) is 11.6 Å². The number of ether oxygens (including phenoxy) is 1. The summed E-state index contributed by atoms with van der Waals surface area (Å²) in [5.41, 5.74) is -0.176. The molecule has 1 N–H and O–H groups in total. The molecule has 1 aromatic heterocycles. The summed E-state index contributed by atoms with van der Waals surface area (Å²) in [5, 5.41) is 0. The molecular weight excluding hydrogens is 362 g/mol. The van der Waals surface area contributed by atoms with Crippen molar-refractivity contribution in [1.29, 1.82) is 0 Å². The largest absolute Gasteiger partial charge is 0.474 e. The van der Waals surface area contributed by atoms with Crippen LogP contribution in [-0.4, -0.2) is 25.5 Å². The first-order valence-corrected chi connectivity index (χ1v) is 10.1. The monoisotopic (exact) mass is 382 g/mol. The number of benzene rings is 1. The van der Waals surface area contributed by atoms with Gasteiger partial charge in [0.05, 0.1) is 5.75 Å². The summed E-state index contributed by atoms with van der Waals surface area (Å²) in [6.07, 6.45) is 4.26. The summed E-state index contributed by atoms with van der Waals surface area (Å²) in [6, 6.07) is 7.99. The second-order valence-electron chi connectivity index (χ2n) is 6.37. The molecule has 0 atom stereocenters. The van der Waals surface area contributed by atoms with Gasteiger partial charge in [-0.2, -0.15) is 0 Å². The van der Waals surface area contributed by atoms with Gasteiger partial charge in [-0.15, -0.1) is 0 Å². The predicted octanol–water partition coefficient (Wildman–Crippen LogP) is 3.17. The second kappa shape index (κ2) is 8.09. The molecule has 5 nitrogen and oxygen atoms in total. The third-order valence-electron chi connectivity index (χ3n) is 4.30. The number of nitrogens with one attached hydrogen (secondary N) is 1. The van der Waals surface area contributed by atoms with Gasteiger partial charge in [0.2, 0.25) is 15.9 Å². The summed E-state index contributed by atoms with van der Waals surface area (Å²) in [4.78, 5) is 4.11. The van der Waals surface area contributed by atoms with Crippen molar-refractivity contribution >= 4 is 10.0 Å². The van der Waals surface area contributed by atoms with Crippen LogP contribution in [0.15, 0.2) is 42.6 Å². The van der Waals surface area contributed by atoms with E-state index in [4.69, 9.17) is 4.74 Å². The van der Waals surface area contributed by atoms with Crippen molar-refractivity contribution in [3.63, 3.8) is 0 Å². The van der Waals surface area contributed by atoms with E-state index in [0.29, 0.717) is 31.6 Å². The highest BCUT2D eigenvalue weighted by molar-refractivity contribution is 7.88. The minimum atomic E-state index is -3.76. The number of sulfonamides is 1. The smallest absolute Gasteiger partial charge is 0.216 e. The van der Waals surface area contributed by atoms with Gasteiger partial charge in [0.1, 0.15) is 17.7 Å². The van der Waals surface area contributed by atoms with Crippen LogP contribution in [0.3, 0.4) is 0 Å². The maximum absolute atomic E-state index is 13.7. The van der Waals surface area contributed by atoms with E-state index in [1.165, 1.54) is 0 Å². The van der Waals surface area contributed by atoms with Crippen molar-refractivity contribution < 1.29 is 21.9 Å². The number of rotatable bonds is 6. The number of hydrogen-bond donors (Lipinski definition) is 1. The zero-order chi connectivity index (χ0) is 18.6. The summed E-state index contributed by atoms with van der Waals surface area (Å²) in [7, 11) is -3.76. The third kappa shape index (κ3) is 5.22. The predicted molar refractivity (Wildman–Crippen MR) is 93.0 cm³/mol. The van der Waals surface area contributed by atoms with Crippen molar-refractivity contribution in [2.24, 2.45) is 0 Å². The first kappa shape index (κ1) is 18.7. The van der Waals surface area contributed by atoms with Gasteiger partial charge >= 0.3 is 0 Å². The highest BCUT2D eigenvalue weighted by atomic mass is 32.2. The molecule has 1 fully saturated rings. The van der Waals surface area contributed by atoms with Crippen LogP contribution in [-0.2, 0) is 15.8 Å². The van der Waals surface area contributed by atoms with E-state index < -0.39 is 27.4 Å². The fourth-order valence-electron chi connectivity index (χ4n) is 3.04. The van der Waals surface area contributed by atoms with Crippen molar-refractivity contribution in [3.8, 4) is 5.88 Å². The van der Waals surface area contributed by atoms with Gasteiger partial charge in [-0.1, -0.05) is 6.07 Å². The van der Waals surface area contributed by atoms with Gasteiger partial charge in [0.15, 0.2) is 0 Å². The Labute approximate surface area is 151 Å². The van der Waals surface area contributed by atoms with Crippen molar-refractivity contribution in [1.82, 2.24) is 9.71 Å². The minimum Gasteiger partial charge on any atom is -0.474 e. The molecule has 0 unspecified atom stereocenters. The zero-order valence-corrected chi connectivity index (χ0v) is 14.9. The Balaban J connectivity index is 1.52. The molecule has 0 amide bonds. The van der Waals surface area contributed by atoms with Crippen LogP contribution in [0.1, 0.15) is 31.2 Å². The molecule has 26 heavy (non-hydrogen) atoms. The van der Waals surface area contributed by atoms with Gasteiger partial charge in [0.25, 0.3) is 0 Å². The lowest BCUT2D eigenvalue weighted by Gasteiger charge is -2.29. The molecule has 0 spiro atoms. The van der Waals surface area contributed by atoms with E-state index in [9.17, 15) is 17.2 Å². The molecule has 1 aliphatic rings. The highest BCUT2D eigenvalue weighted by Crippen LogP contribution is 2.24. The fourth-order valence-corrected chi connectivity index (χ4v) is 4.50. The van der Waals surface area contributed by atoms with Crippen LogP contribution < -0.4 is 9.46 Å². The number of pyridine rings is 1. The van der Waals surface area contributed by atoms with Crippen molar-refractivity contribution in [2.75, 3.05) is 0 Å². The maximum atomic E-state index is 13.7. The normalized spacial score (nSPS) is 20.7. The maximum Gasteiger partial charge on any atom is 0.216 e. The first-order chi connectivity index (χ1) is 12.4. The standard InChI is InChI=1S/C18H20F2N2O3S/c19-14-4-9-17(20)13(11-14)12-26(23,24)22-15-5-7-16(8-6-15)25-18-3-1-2-10-21-18/h1-4,9-11,15-16,22H,5-8,12H2. The fraction of sp³-hybridized carbons (Fsp3) is 0.389. The van der Waals surface area contributed by atoms with Crippen LogP contribution in [0.2, 0.25) is 0 Å². The summed E-state index contributed by atoms with van der Waals surface area (Å²) >= 11 is 0. The molecule has 1 saturated carbocycles. The van der Waals surface area contributed by atoms with Crippen LogP contribution in [0.5, 0.6) is 5.88 Å². The molecule has 1 aromatic carbocycles. The molecule has 1 heterocycles. The van der Waals surface area contributed by atoms with E-state index in [1.54, 1.807) is 18.3 Å². The molecule has 3 rings (SSSR count). The van der Waals surface area contributed by atoms with Gasteiger partial charge in [0, 0.05) is 23.9 Å². The van der Waals surface area contributed by atoms with E-state index in [2.05, 4.69) is 9.71 Å². The quantitative estimate of drug-likeness (QED) is 0.833. The molecule has 140 valence electrons. The Morgan fingerprint density at radius 3 is 2.58 bits per heavy atom. The van der Waals surface area contributed by atoms with Gasteiger partial charge in [-0.3, -0.25) is 0 Å². The Morgan fingerprint density at radius 2 is 1.88 bits per heavy atom. The lowest BCUT2D eigenvalue weighted by atomic mass is 9.94. The third-order valence-corrected chi connectivity index (χ3v) is 5.68. The lowest BCUT2D eigenvalue weighted by Crippen LogP contribution is -2.40. The van der Waals surface area contributed by atoms with Crippen LogP contribution in [0.4, 0.5) is 8.78 Å². The van der Waals surface area contributed by atoms with Gasteiger partial charge in [-0.05, 0) is 49.9 Å². The Morgan fingerprint density at radius 1 is 1.12 bits per heavy atom. The SMILES string of the molecule is O=S(=O)(Cc1cc(F)ccc1F)NC1CCC(Oc2ccccn2)CC1. The Hall–Kier alpha value is -2.06. The Kier molecular flexibility index (Phi) is 5.83. The molecular formula is C18H20F2N2O3S. The van der Waals surface area contributed by atoms with E-state index in [-0.39, 0.29) is 17.7 Å². The first-order valence-electron chi connectivity index (χ1n) is 8.43. The van der Waals surface area contributed by atoms with Crippen LogP contribution in [0.25, 0.3) is 0 Å². The molecule has 0 aliphatic heterocycles. The minimum absolute atomic E-state index is 0.00804. The molecule has 8 heteroatoms. The van der Waals surface area contributed by atoms with Gasteiger partial charge in [-0.25, -0.2) is 26.9 Å². The highest BCUT2D eigenvalue weighted by Gasteiger charge is 2.26. The Bertz CT molecular complexity index is 839. The summed E-state index contributed by atoms with van der Waals surface area (Å²) in [5.74, 6) is -1.42. The van der Waals surface area contributed by atoms with E-state index in [0.717, 1.165) is 18.2 Å². The van der Waals surface area contributed by atoms with E-state index in [1.807, 2.05) is 6.07 Å². The molecule has 0 saturated heterocycles.